The molecule has 3 nitrogen and oxygen atoms in total. The van der Waals surface area contributed by atoms with Gasteiger partial charge in [-0.05, 0) is 62.5 Å². The fraction of sp³-hybridized carbons (Fsp3) is 0.519. The van der Waals surface area contributed by atoms with Crippen molar-refractivity contribution in [1.82, 2.24) is 0 Å². The van der Waals surface area contributed by atoms with E-state index in [1.165, 1.54) is 11.1 Å². The number of carbonyl (C=O) groups is 1. The number of hydrogen-bond donors (Lipinski definition) is 0. The van der Waals surface area contributed by atoms with Crippen molar-refractivity contribution in [2.75, 3.05) is 13.2 Å². The van der Waals surface area contributed by atoms with Crippen LogP contribution in [0.2, 0.25) is 0 Å². The number of carbonyl (C=O) groups excluding carboxylic acids is 1. The molecule has 3 heteroatoms. The molecule has 0 saturated heterocycles. The molecule has 0 unspecified atom stereocenters. The molecule has 0 atom stereocenters. The van der Waals surface area contributed by atoms with Crippen molar-refractivity contribution >= 4 is 5.78 Å². The van der Waals surface area contributed by atoms with E-state index in [1.807, 2.05) is 33.8 Å². The molecular formula is C27H38O3. The Morgan fingerprint density at radius 3 is 2.40 bits per heavy atom. The summed E-state index contributed by atoms with van der Waals surface area (Å²) in [5, 5.41) is 0. The number of ketones is 1. The molecule has 164 valence electrons. The van der Waals surface area contributed by atoms with Crippen LogP contribution >= 0.6 is 0 Å². The summed E-state index contributed by atoms with van der Waals surface area (Å²) < 4.78 is 12.1. The molecule has 0 fully saturated rings. The Morgan fingerprint density at radius 2 is 1.80 bits per heavy atom. The second kappa shape index (κ2) is 10.1. The van der Waals surface area contributed by atoms with Gasteiger partial charge < -0.3 is 9.47 Å². The van der Waals surface area contributed by atoms with Crippen molar-refractivity contribution in [3.63, 3.8) is 0 Å². The summed E-state index contributed by atoms with van der Waals surface area (Å²) in [7, 11) is 0. The molecule has 1 heterocycles. The van der Waals surface area contributed by atoms with E-state index in [4.69, 9.17) is 9.47 Å². The predicted octanol–water partition coefficient (Wildman–Crippen LogP) is 6.85. The van der Waals surface area contributed by atoms with Gasteiger partial charge in [0.05, 0.1) is 5.41 Å². The summed E-state index contributed by atoms with van der Waals surface area (Å²) in [6.45, 7) is 15.0. The normalized spacial score (nSPS) is 19.8. The van der Waals surface area contributed by atoms with Crippen LogP contribution < -0.4 is 4.74 Å². The zero-order valence-electron chi connectivity index (χ0n) is 19.8. The lowest BCUT2D eigenvalue weighted by atomic mass is 9.73. The Kier molecular flexibility index (Phi) is 8.11. The number of rotatable bonds is 7. The van der Waals surface area contributed by atoms with Crippen molar-refractivity contribution < 1.29 is 14.3 Å². The third kappa shape index (κ3) is 5.65. The average Bonchev–Trinajstić information content (AvgIpc) is 2.80. The largest absolute Gasteiger partial charge is 0.493 e. The Morgan fingerprint density at radius 1 is 1.10 bits per heavy atom. The van der Waals surface area contributed by atoms with Gasteiger partial charge in [-0.25, -0.2) is 0 Å². The lowest BCUT2D eigenvalue weighted by Crippen LogP contribution is -2.29. The Labute approximate surface area is 182 Å². The minimum absolute atomic E-state index is 0.0999. The summed E-state index contributed by atoms with van der Waals surface area (Å²) in [5.74, 6) is 1.91. The molecule has 0 N–H and O–H groups in total. The number of benzene rings is 1. The highest BCUT2D eigenvalue weighted by Crippen LogP contribution is 2.41. The molecule has 0 radical (unpaired) electrons. The molecular weight excluding hydrogens is 372 g/mol. The number of ether oxygens (including phenoxy) is 2. The highest BCUT2D eigenvalue weighted by molar-refractivity contribution is 5.85. The lowest BCUT2D eigenvalue weighted by molar-refractivity contribution is -0.128. The first-order chi connectivity index (χ1) is 14.1. The fourth-order valence-electron chi connectivity index (χ4n) is 3.80. The predicted molar refractivity (Wildman–Crippen MR) is 125 cm³/mol. The van der Waals surface area contributed by atoms with Crippen LogP contribution in [-0.2, 0) is 14.9 Å². The number of allylic oxidation sites excluding steroid dienone is 5. The van der Waals surface area contributed by atoms with Gasteiger partial charge in [0.25, 0.3) is 0 Å². The van der Waals surface area contributed by atoms with Gasteiger partial charge in [0.15, 0.2) is 5.78 Å². The Balaban J connectivity index is 2.33. The van der Waals surface area contributed by atoms with Crippen molar-refractivity contribution in [1.29, 1.82) is 0 Å². The molecule has 0 spiro atoms. The smallest absolute Gasteiger partial charge is 0.175 e. The average molecular weight is 411 g/mol. The highest BCUT2D eigenvalue weighted by atomic mass is 16.5. The monoisotopic (exact) mass is 410 g/mol. The van der Waals surface area contributed by atoms with E-state index >= 15 is 0 Å². The third-order valence-electron chi connectivity index (χ3n) is 6.06. The quantitative estimate of drug-likeness (QED) is 0.493. The van der Waals surface area contributed by atoms with Gasteiger partial charge in [0.2, 0.25) is 0 Å². The Bertz CT molecular complexity index is 830. The second-order valence-electron chi connectivity index (χ2n) is 9.20. The van der Waals surface area contributed by atoms with E-state index in [-0.39, 0.29) is 17.8 Å². The molecule has 1 aliphatic rings. The van der Waals surface area contributed by atoms with Gasteiger partial charge in [-0.3, -0.25) is 4.79 Å². The summed E-state index contributed by atoms with van der Waals surface area (Å²) in [4.78, 5) is 12.2. The van der Waals surface area contributed by atoms with Gasteiger partial charge in [-0.1, -0.05) is 64.5 Å². The zero-order chi connectivity index (χ0) is 22.4. The molecule has 2 rings (SSSR count). The molecule has 1 aromatic rings. The van der Waals surface area contributed by atoms with Crippen LogP contribution in [0.15, 0.2) is 53.8 Å². The molecule has 1 aliphatic heterocycles. The number of aryl methyl sites for hydroxylation is 1. The summed E-state index contributed by atoms with van der Waals surface area (Å²) in [6, 6.07) is 6.32. The standard InChI is InChI=1S/C27H38O3/c1-8-27(9-2,25-14-10-12-20(3)13-11-17-29-25)22-15-16-23(21(4)18-22)30-19-24(28)26(5,6)7/h11-16,18H,8-10,17,19H2,1-7H3/b13-11-,20-12-,25-14-. The van der Waals surface area contributed by atoms with E-state index in [2.05, 4.69) is 57.2 Å². The maximum Gasteiger partial charge on any atom is 0.175 e. The van der Waals surface area contributed by atoms with Crippen LogP contribution in [0.4, 0.5) is 0 Å². The van der Waals surface area contributed by atoms with Crippen molar-refractivity contribution in [2.45, 2.75) is 73.1 Å². The first kappa shape index (κ1) is 24.0. The van der Waals surface area contributed by atoms with Gasteiger partial charge in [0, 0.05) is 5.41 Å². The second-order valence-corrected chi connectivity index (χ2v) is 9.20. The van der Waals surface area contributed by atoms with Crippen LogP contribution in [0.5, 0.6) is 5.75 Å². The number of hydrogen-bond acceptors (Lipinski definition) is 3. The molecule has 30 heavy (non-hydrogen) atoms. The van der Waals surface area contributed by atoms with E-state index in [0.717, 1.165) is 36.3 Å². The maximum atomic E-state index is 12.2. The van der Waals surface area contributed by atoms with E-state index in [9.17, 15) is 4.79 Å². The molecule has 0 aromatic heterocycles. The first-order valence-corrected chi connectivity index (χ1v) is 11.1. The number of Topliss-reactive ketones (excluding diaryl/α,β-unsaturated/α-hetero) is 1. The molecule has 1 aromatic carbocycles. The zero-order valence-corrected chi connectivity index (χ0v) is 19.8. The summed E-state index contributed by atoms with van der Waals surface area (Å²) in [6.07, 6.45) is 11.4. The van der Waals surface area contributed by atoms with Crippen molar-refractivity contribution in [3.05, 3.63) is 65.0 Å². The molecule has 0 aliphatic carbocycles. The van der Waals surface area contributed by atoms with Gasteiger partial charge >= 0.3 is 0 Å². The SMILES string of the molecule is CCC(CC)(/C1=C/C/C=C(C)\C=C/CO1)c1ccc(OCC(=O)C(C)(C)C)c(C)c1. The van der Waals surface area contributed by atoms with E-state index in [0.29, 0.717) is 6.61 Å². The maximum absolute atomic E-state index is 12.2. The fourth-order valence-corrected chi connectivity index (χ4v) is 3.80. The Hall–Kier alpha value is -2.29. The van der Waals surface area contributed by atoms with Gasteiger partial charge in [-0.2, -0.15) is 0 Å². The van der Waals surface area contributed by atoms with Crippen LogP contribution in [0, 0.1) is 12.3 Å². The van der Waals surface area contributed by atoms with Gasteiger partial charge in [-0.15, -0.1) is 0 Å². The molecule has 0 amide bonds. The van der Waals surface area contributed by atoms with Crippen LogP contribution in [0.1, 0.15) is 71.9 Å². The lowest BCUT2D eigenvalue weighted by Gasteiger charge is -2.35. The minimum Gasteiger partial charge on any atom is -0.493 e. The molecule has 0 saturated carbocycles. The highest BCUT2D eigenvalue weighted by Gasteiger charge is 2.35. The molecule has 0 bridgehead atoms. The van der Waals surface area contributed by atoms with Crippen LogP contribution in [0.25, 0.3) is 0 Å². The minimum atomic E-state index is -0.393. The van der Waals surface area contributed by atoms with Crippen LogP contribution in [-0.4, -0.2) is 19.0 Å². The third-order valence-corrected chi connectivity index (χ3v) is 6.06. The summed E-state index contributed by atoms with van der Waals surface area (Å²) in [5.41, 5.74) is 2.96. The first-order valence-electron chi connectivity index (χ1n) is 11.1. The topological polar surface area (TPSA) is 35.5 Å². The van der Waals surface area contributed by atoms with E-state index in [1.54, 1.807) is 0 Å². The van der Waals surface area contributed by atoms with Crippen molar-refractivity contribution in [3.8, 4) is 5.75 Å². The van der Waals surface area contributed by atoms with Crippen LogP contribution in [0.3, 0.4) is 0 Å². The van der Waals surface area contributed by atoms with Gasteiger partial charge in [0.1, 0.15) is 24.7 Å². The van der Waals surface area contributed by atoms with E-state index < -0.39 is 5.41 Å². The van der Waals surface area contributed by atoms with Crippen molar-refractivity contribution in [2.24, 2.45) is 5.41 Å². The summed E-state index contributed by atoms with van der Waals surface area (Å²) >= 11 is 0.